The lowest BCUT2D eigenvalue weighted by Crippen LogP contribution is -2.63. The molecule has 0 aromatic rings. The second-order valence-electron chi connectivity index (χ2n) is 21.7. The number of carbonyl (C=O) groups is 1. The maximum absolute atomic E-state index is 13.6. The van der Waals surface area contributed by atoms with Gasteiger partial charge in [0.05, 0.1) is 49.7 Å². The summed E-state index contributed by atoms with van der Waals surface area (Å²) in [7, 11) is 0. The van der Waals surface area contributed by atoms with Crippen LogP contribution in [0.15, 0.2) is 0 Å². The fourth-order valence-electron chi connectivity index (χ4n) is 14.7. The summed E-state index contributed by atoms with van der Waals surface area (Å²) in [5.74, 6) is -1.27. The molecule has 352 valence electrons. The van der Waals surface area contributed by atoms with Crippen LogP contribution in [0.5, 0.6) is 0 Å². The summed E-state index contributed by atoms with van der Waals surface area (Å²) in [6.07, 6.45) is -11.5. The zero-order chi connectivity index (χ0) is 45.0. The van der Waals surface area contributed by atoms with Gasteiger partial charge in [-0.15, -0.1) is 0 Å². The molecule has 0 amide bonds. The Morgan fingerprint density at radius 1 is 0.721 bits per heavy atom. The Kier molecular flexibility index (Phi) is 12.8. The van der Waals surface area contributed by atoms with Crippen molar-refractivity contribution in [2.24, 2.45) is 50.7 Å². The van der Waals surface area contributed by atoms with Crippen molar-refractivity contribution in [3.05, 3.63) is 0 Å². The van der Waals surface area contributed by atoms with Gasteiger partial charge in [0.15, 0.2) is 6.29 Å². The first kappa shape index (κ1) is 47.8. The minimum absolute atomic E-state index is 0.0823. The summed E-state index contributed by atoms with van der Waals surface area (Å²) in [6.45, 7) is 10.4. The highest BCUT2D eigenvalue weighted by molar-refractivity contribution is 5.71. The quantitative estimate of drug-likeness (QED) is 0.101. The van der Waals surface area contributed by atoms with Gasteiger partial charge >= 0.3 is 5.97 Å². The third-order valence-electron chi connectivity index (χ3n) is 18.8. The van der Waals surface area contributed by atoms with E-state index in [1.54, 1.807) is 0 Å². The first-order chi connectivity index (χ1) is 28.3. The Morgan fingerprint density at radius 3 is 1.89 bits per heavy atom. The second-order valence-corrected chi connectivity index (χ2v) is 21.7. The molecule has 2 saturated heterocycles. The summed E-state index contributed by atoms with van der Waals surface area (Å²) in [5, 5.41) is 129. The van der Waals surface area contributed by atoms with Crippen LogP contribution in [0.25, 0.3) is 0 Å². The van der Waals surface area contributed by atoms with Gasteiger partial charge in [0, 0.05) is 17.3 Å². The van der Waals surface area contributed by atoms with E-state index in [0.29, 0.717) is 6.42 Å². The van der Waals surface area contributed by atoms with Gasteiger partial charge in [-0.2, -0.15) is 0 Å². The van der Waals surface area contributed by atoms with Gasteiger partial charge in [0.1, 0.15) is 48.8 Å². The molecule has 7 fully saturated rings. The average molecular weight is 875 g/mol. The number of hydrogen-bond acceptors (Lipinski definition) is 17. The van der Waals surface area contributed by atoms with Crippen LogP contribution in [-0.2, 0) is 23.7 Å². The molecule has 12 N–H and O–H groups in total. The normalized spacial score (nSPS) is 52.5. The zero-order valence-corrected chi connectivity index (χ0v) is 36.5. The number of fused-ring (bicyclic) bond motifs is 2. The van der Waals surface area contributed by atoms with E-state index in [2.05, 4.69) is 13.8 Å². The molecule has 7 aliphatic rings. The maximum Gasteiger partial charge on any atom is 0.308 e. The van der Waals surface area contributed by atoms with Gasteiger partial charge < -0.3 is 80.2 Å². The van der Waals surface area contributed by atoms with Crippen LogP contribution in [0, 0.1) is 50.7 Å². The number of ether oxygens (including phenoxy) is 4. The molecule has 61 heavy (non-hydrogen) atoms. The first-order valence-electron chi connectivity index (χ1n) is 22.6. The topological polar surface area (TPSA) is 297 Å². The van der Waals surface area contributed by atoms with Crippen LogP contribution in [0.1, 0.15) is 112 Å². The predicted molar refractivity (Wildman–Crippen MR) is 212 cm³/mol. The molecule has 17 heteroatoms. The Morgan fingerprint density at radius 2 is 1.30 bits per heavy atom. The number of aliphatic hydroxyl groups excluding tert-OH is 10. The Balaban J connectivity index is 1.05. The molecule has 17 nitrogen and oxygen atoms in total. The Labute approximate surface area is 358 Å². The van der Waals surface area contributed by atoms with E-state index in [0.717, 1.165) is 38.5 Å². The lowest BCUT2D eigenvalue weighted by molar-refractivity contribution is -0.310. The third-order valence-corrected chi connectivity index (χ3v) is 18.8. The van der Waals surface area contributed by atoms with Gasteiger partial charge in [-0.25, -0.2) is 0 Å². The second kappa shape index (κ2) is 16.3. The lowest BCUT2D eigenvalue weighted by Gasteiger charge is -2.64. The molecule has 2 spiro atoms. The maximum atomic E-state index is 13.6. The van der Waals surface area contributed by atoms with E-state index in [1.165, 1.54) is 0 Å². The molecule has 5 aliphatic carbocycles. The van der Waals surface area contributed by atoms with Gasteiger partial charge in [0.2, 0.25) is 6.29 Å². The van der Waals surface area contributed by atoms with Crippen molar-refractivity contribution in [2.45, 2.75) is 197 Å². The molecule has 0 aromatic heterocycles. The highest BCUT2D eigenvalue weighted by atomic mass is 16.7. The highest BCUT2D eigenvalue weighted by Gasteiger charge is 2.85. The molecule has 7 rings (SSSR count). The number of hydrogen-bond donors (Lipinski definition) is 12. The molecular formula is C44H74O17. The average Bonchev–Trinajstić information content (AvgIpc) is 3.82. The third kappa shape index (κ3) is 7.18. The number of carbonyl (C=O) groups excluding carboxylic acids is 1. The summed E-state index contributed by atoms with van der Waals surface area (Å²) < 4.78 is 22.3. The van der Waals surface area contributed by atoms with Crippen molar-refractivity contribution >= 4 is 5.97 Å². The Bertz CT molecular complexity index is 1600. The number of aliphatic hydroxyl groups is 12. The number of rotatable bonds is 13. The fourth-order valence-corrected chi connectivity index (χ4v) is 14.7. The SMILES string of the molecule is CC(C)[C@@](O)(CC[C@](C)(O)[C@H]1CC[C@@]2(C)[C@@H]3CCC4C5(CC35CC[C@]12C)[C@@H](O)C[C@H](O)[C@@]4(C)CC(=O)OC1O[C@@H](CO)[C@H](O)[C@@H](O)[C@@H]1O)COC1O[C@H](CO)[C@@H](O)[C@H](O)[C@H]1O. The lowest BCUT2D eigenvalue weighted by atomic mass is 9.41. The molecule has 22 atom stereocenters. The summed E-state index contributed by atoms with van der Waals surface area (Å²) in [5.41, 5.74) is -4.97. The zero-order valence-electron chi connectivity index (χ0n) is 36.5. The van der Waals surface area contributed by atoms with Crippen LogP contribution in [0.2, 0.25) is 0 Å². The molecule has 5 saturated carbocycles. The van der Waals surface area contributed by atoms with Crippen molar-refractivity contribution in [1.82, 2.24) is 0 Å². The molecule has 0 bridgehead atoms. The van der Waals surface area contributed by atoms with Crippen molar-refractivity contribution in [2.75, 3.05) is 19.8 Å². The van der Waals surface area contributed by atoms with Crippen molar-refractivity contribution in [3.63, 3.8) is 0 Å². The van der Waals surface area contributed by atoms with E-state index >= 15 is 0 Å². The van der Waals surface area contributed by atoms with Crippen molar-refractivity contribution in [1.29, 1.82) is 0 Å². The van der Waals surface area contributed by atoms with E-state index < -0.39 is 115 Å². The summed E-state index contributed by atoms with van der Waals surface area (Å²) in [6, 6.07) is 0. The largest absolute Gasteiger partial charge is 0.433 e. The molecular weight excluding hydrogens is 800 g/mol. The highest BCUT2D eigenvalue weighted by Crippen LogP contribution is 2.89. The van der Waals surface area contributed by atoms with Gasteiger partial charge in [-0.05, 0) is 105 Å². The minimum Gasteiger partial charge on any atom is -0.433 e. The van der Waals surface area contributed by atoms with Crippen molar-refractivity contribution in [3.8, 4) is 0 Å². The summed E-state index contributed by atoms with van der Waals surface area (Å²) in [4.78, 5) is 13.6. The van der Waals surface area contributed by atoms with Crippen LogP contribution in [0.3, 0.4) is 0 Å². The number of esters is 1. The van der Waals surface area contributed by atoms with Crippen molar-refractivity contribution < 1.29 is 85.0 Å². The van der Waals surface area contributed by atoms with Crippen LogP contribution in [-0.4, -0.2) is 172 Å². The Hall–Kier alpha value is -1.13. The molecule has 0 radical (unpaired) electrons. The molecule has 2 aliphatic heterocycles. The van der Waals surface area contributed by atoms with E-state index in [9.17, 15) is 66.1 Å². The monoisotopic (exact) mass is 874 g/mol. The van der Waals surface area contributed by atoms with Gasteiger partial charge in [-0.3, -0.25) is 4.79 Å². The van der Waals surface area contributed by atoms with Gasteiger partial charge in [-0.1, -0.05) is 34.6 Å². The fraction of sp³-hybridized carbons (Fsp3) is 0.977. The molecule has 0 aromatic carbocycles. The van der Waals surface area contributed by atoms with Crippen LogP contribution < -0.4 is 0 Å². The standard InChI is InChI=1S/C44H74O17/c1-21(2)43(57,20-58-36-34(54)32(52)30(50)22(17-45)59-36)14-12-41(6,56)25-9-10-39(4)26-8-7-24-38(3,16-29(49)61-37-35(55)33(53)31(51)23(18-46)60-37)27(47)15-28(48)44(24)19-42(26,44)13-11-40(25,39)5/h21-28,30-37,45-48,50-57H,7-20H2,1-6H3/t22-,23+,24?,25+,26+,27+,28+,30-,31+,32+,33-,34-,35+,36?,37?,38+,39+,40-,41+,42?,43-,44?/m1/s1. The van der Waals surface area contributed by atoms with E-state index in [4.69, 9.17) is 18.9 Å². The van der Waals surface area contributed by atoms with E-state index in [1.807, 2.05) is 27.7 Å². The predicted octanol–water partition coefficient (Wildman–Crippen LogP) is -0.795. The van der Waals surface area contributed by atoms with Crippen LogP contribution in [0.4, 0.5) is 0 Å². The van der Waals surface area contributed by atoms with Gasteiger partial charge in [0.25, 0.3) is 0 Å². The molecule has 2 heterocycles. The smallest absolute Gasteiger partial charge is 0.308 e. The molecule has 5 unspecified atom stereocenters. The minimum atomic E-state index is -1.75. The van der Waals surface area contributed by atoms with E-state index in [-0.39, 0.29) is 72.2 Å². The van der Waals surface area contributed by atoms with Crippen LogP contribution >= 0.6 is 0 Å². The first-order valence-corrected chi connectivity index (χ1v) is 22.6. The summed E-state index contributed by atoms with van der Waals surface area (Å²) >= 11 is 0.